The number of thiazole rings is 1. The number of nitrogens with zero attached hydrogens (tertiary/aromatic N) is 2. The van der Waals surface area contributed by atoms with E-state index in [0.717, 1.165) is 30.1 Å². The van der Waals surface area contributed by atoms with Gasteiger partial charge in [0.1, 0.15) is 5.01 Å². The van der Waals surface area contributed by atoms with E-state index >= 15 is 0 Å². The van der Waals surface area contributed by atoms with Crippen molar-refractivity contribution in [2.75, 3.05) is 0 Å². The van der Waals surface area contributed by atoms with Crippen molar-refractivity contribution in [3.8, 4) is 0 Å². The van der Waals surface area contributed by atoms with Crippen molar-refractivity contribution >= 4 is 11.3 Å². The standard InChI is InChI=1S/C13H19N3S/c1-3-11(14)7-12-5-4-6-16(12)8-13-15-10(2)9-17-13/h4-6,9,11H,3,7-8,14H2,1-2H3. The Hall–Kier alpha value is -1.13. The smallest absolute Gasteiger partial charge is 0.113 e. The minimum Gasteiger partial charge on any atom is -0.345 e. The van der Waals surface area contributed by atoms with Crippen LogP contribution in [0.4, 0.5) is 0 Å². The van der Waals surface area contributed by atoms with Gasteiger partial charge in [0.05, 0.1) is 6.54 Å². The summed E-state index contributed by atoms with van der Waals surface area (Å²) in [6, 6.07) is 4.48. The fourth-order valence-electron chi connectivity index (χ4n) is 1.82. The zero-order chi connectivity index (χ0) is 12.3. The summed E-state index contributed by atoms with van der Waals surface area (Å²) >= 11 is 1.72. The second-order valence-electron chi connectivity index (χ2n) is 4.38. The highest BCUT2D eigenvalue weighted by molar-refractivity contribution is 7.09. The van der Waals surface area contributed by atoms with Gasteiger partial charge in [0.25, 0.3) is 0 Å². The lowest BCUT2D eigenvalue weighted by atomic mass is 10.1. The van der Waals surface area contributed by atoms with Crippen LogP contribution in [0.15, 0.2) is 23.7 Å². The molecule has 2 aromatic heterocycles. The quantitative estimate of drug-likeness (QED) is 0.885. The molecule has 2 rings (SSSR count). The predicted octanol–water partition coefficient (Wildman–Crippen LogP) is 2.58. The molecule has 0 radical (unpaired) electrons. The molecule has 0 aromatic carbocycles. The fourth-order valence-corrected chi connectivity index (χ4v) is 2.59. The molecule has 17 heavy (non-hydrogen) atoms. The lowest BCUT2D eigenvalue weighted by molar-refractivity contribution is 0.609. The number of hydrogen-bond donors (Lipinski definition) is 1. The Balaban J connectivity index is 2.08. The first-order chi connectivity index (χ1) is 8.19. The average molecular weight is 249 g/mol. The van der Waals surface area contributed by atoms with E-state index in [-0.39, 0.29) is 6.04 Å². The van der Waals surface area contributed by atoms with Crippen LogP contribution >= 0.6 is 11.3 Å². The molecule has 0 spiro atoms. The molecule has 0 fully saturated rings. The van der Waals surface area contributed by atoms with E-state index in [1.807, 2.05) is 6.92 Å². The molecule has 3 nitrogen and oxygen atoms in total. The van der Waals surface area contributed by atoms with Gasteiger partial charge in [0.2, 0.25) is 0 Å². The average Bonchev–Trinajstić information content (AvgIpc) is 2.89. The van der Waals surface area contributed by atoms with Gasteiger partial charge in [-0.25, -0.2) is 4.98 Å². The maximum absolute atomic E-state index is 6.00. The minimum absolute atomic E-state index is 0.252. The van der Waals surface area contributed by atoms with Crippen LogP contribution in [0.5, 0.6) is 0 Å². The van der Waals surface area contributed by atoms with Crippen molar-refractivity contribution in [3.05, 3.63) is 40.1 Å². The molecule has 2 heterocycles. The third-order valence-electron chi connectivity index (χ3n) is 2.89. The number of rotatable bonds is 5. The summed E-state index contributed by atoms with van der Waals surface area (Å²) in [5, 5.41) is 3.25. The van der Waals surface area contributed by atoms with Crippen molar-refractivity contribution in [1.82, 2.24) is 9.55 Å². The molecular formula is C13H19N3S. The summed E-state index contributed by atoms with van der Waals surface area (Å²) in [5.74, 6) is 0. The molecule has 0 saturated carbocycles. The van der Waals surface area contributed by atoms with E-state index in [0.29, 0.717) is 0 Å². The lowest BCUT2D eigenvalue weighted by Crippen LogP contribution is -2.23. The number of nitrogens with two attached hydrogens (primary N) is 1. The van der Waals surface area contributed by atoms with Crippen molar-refractivity contribution in [2.24, 2.45) is 5.73 Å². The molecule has 0 aliphatic heterocycles. The maximum atomic E-state index is 6.00. The number of aryl methyl sites for hydroxylation is 1. The van der Waals surface area contributed by atoms with Gasteiger partial charge in [-0.3, -0.25) is 0 Å². The molecule has 0 aliphatic rings. The minimum atomic E-state index is 0.252. The predicted molar refractivity (Wildman–Crippen MR) is 72.4 cm³/mol. The SMILES string of the molecule is CCC(N)Cc1cccn1Cc1nc(C)cs1. The Morgan fingerprint density at radius 1 is 1.53 bits per heavy atom. The maximum Gasteiger partial charge on any atom is 0.113 e. The Bertz CT molecular complexity index is 472. The number of hydrogen-bond acceptors (Lipinski definition) is 3. The van der Waals surface area contributed by atoms with E-state index in [1.165, 1.54) is 5.69 Å². The zero-order valence-electron chi connectivity index (χ0n) is 10.4. The van der Waals surface area contributed by atoms with Gasteiger partial charge in [-0.1, -0.05) is 6.92 Å². The van der Waals surface area contributed by atoms with E-state index in [4.69, 9.17) is 5.73 Å². The molecule has 2 aromatic rings. The summed E-state index contributed by atoms with van der Waals surface area (Å²) in [5.41, 5.74) is 8.40. The van der Waals surface area contributed by atoms with Gasteiger partial charge in [-0.15, -0.1) is 11.3 Å². The monoisotopic (exact) mass is 249 g/mol. The summed E-state index contributed by atoms with van der Waals surface area (Å²) < 4.78 is 2.24. The van der Waals surface area contributed by atoms with Crippen molar-refractivity contribution in [2.45, 2.75) is 39.3 Å². The van der Waals surface area contributed by atoms with Crippen molar-refractivity contribution < 1.29 is 0 Å². The summed E-state index contributed by atoms with van der Waals surface area (Å²) in [7, 11) is 0. The number of aromatic nitrogens is 2. The largest absolute Gasteiger partial charge is 0.345 e. The van der Waals surface area contributed by atoms with Gasteiger partial charge in [0, 0.05) is 35.4 Å². The van der Waals surface area contributed by atoms with E-state index < -0.39 is 0 Å². The van der Waals surface area contributed by atoms with Crippen molar-refractivity contribution in [3.63, 3.8) is 0 Å². The summed E-state index contributed by atoms with van der Waals surface area (Å²) in [6.45, 7) is 5.02. The molecule has 0 amide bonds. The van der Waals surface area contributed by atoms with Gasteiger partial charge >= 0.3 is 0 Å². The van der Waals surface area contributed by atoms with Crippen LogP contribution in [0, 0.1) is 6.92 Å². The molecule has 2 N–H and O–H groups in total. The first-order valence-corrected chi connectivity index (χ1v) is 6.87. The zero-order valence-corrected chi connectivity index (χ0v) is 11.2. The lowest BCUT2D eigenvalue weighted by Gasteiger charge is -2.11. The topological polar surface area (TPSA) is 43.8 Å². The van der Waals surface area contributed by atoms with Gasteiger partial charge in [-0.2, -0.15) is 0 Å². The molecule has 0 saturated heterocycles. The van der Waals surface area contributed by atoms with Crippen LogP contribution in [0.3, 0.4) is 0 Å². The highest BCUT2D eigenvalue weighted by Gasteiger charge is 2.07. The second kappa shape index (κ2) is 5.47. The van der Waals surface area contributed by atoms with E-state index in [9.17, 15) is 0 Å². The Morgan fingerprint density at radius 2 is 2.35 bits per heavy atom. The molecule has 4 heteroatoms. The Morgan fingerprint density at radius 3 is 3.00 bits per heavy atom. The molecule has 0 bridgehead atoms. The van der Waals surface area contributed by atoms with Crippen LogP contribution in [-0.2, 0) is 13.0 Å². The van der Waals surface area contributed by atoms with Crippen LogP contribution in [-0.4, -0.2) is 15.6 Å². The van der Waals surface area contributed by atoms with Crippen LogP contribution in [0.1, 0.15) is 29.7 Å². The Kier molecular flexibility index (Phi) is 3.97. The van der Waals surface area contributed by atoms with Crippen molar-refractivity contribution in [1.29, 1.82) is 0 Å². The second-order valence-corrected chi connectivity index (χ2v) is 5.33. The van der Waals surface area contributed by atoms with Crippen LogP contribution in [0.2, 0.25) is 0 Å². The molecule has 0 aliphatic carbocycles. The fraction of sp³-hybridized carbons (Fsp3) is 0.462. The molecule has 1 unspecified atom stereocenters. The Labute approximate surface area is 106 Å². The highest BCUT2D eigenvalue weighted by atomic mass is 32.1. The van der Waals surface area contributed by atoms with Gasteiger partial charge in [0.15, 0.2) is 0 Å². The van der Waals surface area contributed by atoms with E-state index in [2.05, 4.69) is 40.2 Å². The summed E-state index contributed by atoms with van der Waals surface area (Å²) in [6.07, 6.45) is 4.06. The molecule has 92 valence electrons. The van der Waals surface area contributed by atoms with E-state index in [1.54, 1.807) is 11.3 Å². The third-order valence-corrected chi connectivity index (χ3v) is 3.84. The summed E-state index contributed by atoms with van der Waals surface area (Å²) in [4.78, 5) is 4.49. The highest BCUT2D eigenvalue weighted by Crippen LogP contribution is 2.13. The normalized spacial score (nSPS) is 12.9. The van der Waals surface area contributed by atoms with Gasteiger partial charge in [-0.05, 0) is 25.5 Å². The van der Waals surface area contributed by atoms with Crippen LogP contribution < -0.4 is 5.73 Å². The third kappa shape index (κ3) is 3.17. The molecular weight excluding hydrogens is 230 g/mol. The first kappa shape index (κ1) is 12.3. The van der Waals surface area contributed by atoms with Gasteiger partial charge < -0.3 is 10.3 Å². The first-order valence-electron chi connectivity index (χ1n) is 5.99. The molecule has 1 atom stereocenters. The van der Waals surface area contributed by atoms with Crippen LogP contribution in [0.25, 0.3) is 0 Å².